The number of pyridine rings is 1. The van der Waals surface area contributed by atoms with E-state index in [2.05, 4.69) is 15.4 Å². The van der Waals surface area contributed by atoms with Gasteiger partial charge in [-0.1, -0.05) is 30.3 Å². The number of ether oxygens (including phenoxy) is 1. The first-order chi connectivity index (χ1) is 17.3. The zero-order valence-corrected chi connectivity index (χ0v) is 20.3. The van der Waals surface area contributed by atoms with E-state index in [0.717, 1.165) is 22.4 Å². The molecule has 0 radical (unpaired) electrons. The van der Waals surface area contributed by atoms with Gasteiger partial charge in [0.15, 0.2) is 0 Å². The molecule has 0 saturated carbocycles. The molecule has 0 bridgehead atoms. The predicted molar refractivity (Wildman–Crippen MR) is 135 cm³/mol. The minimum Gasteiger partial charge on any atom is -0.489 e. The second-order valence-corrected chi connectivity index (χ2v) is 8.55. The molecule has 9 heteroatoms. The van der Waals surface area contributed by atoms with Crippen molar-refractivity contribution in [1.82, 2.24) is 20.1 Å². The van der Waals surface area contributed by atoms with Crippen LogP contribution >= 0.6 is 0 Å². The summed E-state index contributed by atoms with van der Waals surface area (Å²) < 4.78 is 7.40. The van der Waals surface area contributed by atoms with Crippen LogP contribution in [0.25, 0.3) is 0 Å². The summed E-state index contributed by atoms with van der Waals surface area (Å²) >= 11 is 0. The minimum atomic E-state index is -0.411. The van der Waals surface area contributed by atoms with E-state index in [1.807, 2.05) is 55.5 Å². The molecule has 1 atom stereocenters. The predicted octanol–water partition coefficient (Wildman–Crippen LogP) is 4.92. The standard InChI is InChI=1S/C27H27N5O4/c1-18(23-10-12-25(13-11-23)36-17-22-5-4-14-28-15-22)29-27(33)24-8-6-21(7-9-24)16-31-20(3)26(32(34)35)19(2)30-31/h4-15,18H,16-17H2,1-3H3,(H,29,33). The van der Waals surface area contributed by atoms with Crippen molar-refractivity contribution in [3.05, 3.63) is 117 Å². The molecular weight excluding hydrogens is 458 g/mol. The van der Waals surface area contributed by atoms with E-state index in [1.54, 1.807) is 43.1 Å². The second kappa shape index (κ2) is 10.8. The van der Waals surface area contributed by atoms with Crippen LogP contribution in [0.5, 0.6) is 5.75 Å². The lowest BCUT2D eigenvalue weighted by molar-refractivity contribution is -0.386. The molecule has 0 fully saturated rings. The van der Waals surface area contributed by atoms with Crippen LogP contribution in [0.1, 0.15) is 51.4 Å². The number of carbonyl (C=O) groups is 1. The van der Waals surface area contributed by atoms with Crippen molar-refractivity contribution < 1.29 is 14.5 Å². The quantitative estimate of drug-likeness (QED) is 0.266. The summed E-state index contributed by atoms with van der Waals surface area (Å²) in [7, 11) is 0. The fourth-order valence-corrected chi connectivity index (χ4v) is 3.91. The number of aromatic nitrogens is 3. The highest BCUT2D eigenvalue weighted by Crippen LogP contribution is 2.23. The number of nitro groups is 1. The first-order valence-electron chi connectivity index (χ1n) is 11.5. The molecule has 0 aliphatic carbocycles. The SMILES string of the molecule is Cc1nn(Cc2ccc(C(=O)NC(C)c3ccc(OCc4cccnc4)cc3)cc2)c(C)c1[N+](=O)[O-]. The minimum absolute atomic E-state index is 0.0353. The summed E-state index contributed by atoms with van der Waals surface area (Å²) in [5.74, 6) is 0.553. The van der Waals surface area contributed by atoms with Gasteiger partial charge < -0.3 is 10.1 Å². The lowest BCUT2D eigenvalue weighted by Gasteiger charge is -2.15. The van der Waals surface area contributed by atoms with Crippen molar-refractivity contribution in [1.29, 1.82) is 0 Å². The fourth-order valence-electron chi connectivity index (χ4n) is 3.91. The second-order valence-electron chi connectivity index (χ2n) is 8.55. The normalized spacial score (nSPS) is 11.6. The molecule has 9 nitrogen and oxygen atoms in total. The van der Waals surface area contributed by atoms with Crippen LogP contribution in [0.2, 0.25) is 0 Å². The molecule has 1 unspecified atom stereocenters. The fraction of sp³-hybridized carbons (Fsp3) is 0.222. The Balaban J connectivity index is 1.33. The Morgan fingerprint density at radius 3 is 2.42 bits per heavy atom. The largest absolute Gasteiger partial charge is 0.489 e. The molecule has 4 rings (SSSR count). The van der Waals surface area contributed by atoms with E-state index in [-0.39, 0.29) is 17.6 Å². The summed E-state index contributed by atoms with van der Waals surface area (Å²) in [5.41, 5.74) is 4.29. The molecule has 2 aromatic heterocycles. The van der Waals surface area contributed by atoms with Gasteiger partial charge in [-0.15, -0.1) is 0 Å². The summed E-state index contributed by atoms with van der Waals surface area (Å²) in [6.07, 6.45) is 3.49. The van der Waals surface area contributed by atoms with Crippen molar-refractivity contribution in [3.8, 4) is 5.75 Å². The van der Waals surface area contributed by atoms with Gasteiger partial charge in [-0.3, -0.25) is 24.6 Å². The van der Waals surface area contributed by atoms with E-state index in [0.29, 0.717) is 30.1 Å². The highest BCUT2D eigenvalue weighted by atomic mass is 16.6. The molecule has 0 saturated heterocycles. The number of hydrogen-bond acceptors (Lipinski definition) is 6. The molecule has 4 aromatic rings. The van der Waals surface area contributed by atoms with E-state index >= 15 is 0 Å². The van der Waals surface area contributed by atoms with Gasteiger partial charge >= 0.3 is 5.69 Å². The third kappa shape index (κ3) is 5.75. The van der Waals surface area contributed by atoms with Gasteiger partial charge in [-0.05, 0) is 62.2 Å². The van der Waals surface area contributed by atoms with Crippen LogP contribution in [-0.2, 0) is 13.2 Å². The topological polar surface area (TPSA) is 112 Å². The Bertz CT molecular complexity index is 1350. The smallest absolute Gasteiger partial charge is 0.312 e. The first kappa shape index (κ1) is 24.6. The molecule has 1 amide bonds. The Hall–Kier alpha value is -4.53. The van der Waals surface area contributed by atoms with Gasteiger partial charge in [0.2, 0.25) is 0 Å². The van der Waals surface area contributed by atoms with Crippen LogP contribution in [0.4, 0.5) is 5.69 Å². The number of nitrogens with zero attached hydrogens (tertiary/aromatic N) is 4. The van der Waals surface area contributed by atoms with E-state index in [9.17, 15) is 14.9 Å². The number of carbonyl (C=O) groups excluding carboxylic acids is 1. The highest BCUT2D eigenvalue weighted by molar-refractivity contribution is 5.94. The molecule has 2 heterocycles. The number of hydrogen-bond donors (Lipinski definition) is 1. The van der Waals surface area contributed by atoms with E-state index in [4.69, 9.17) is 4.74 Å². The third-order valence-corrected chi connectivity index (χ3v) is 5.93. The summed E-state index contributed by atoms with van der Waals surface area (Å²) in [5, 5.41) is 18.5. The summed E-state index contributed by atoms with van der Waals surface area (Å²) in [4.78, 5) is 27.7. The van der Waals surface area contributed by atoms with Crippen LogP contribution in [-0.4, -0.2) is 25.6 Å². The van der Waals surface area contributed by atoms with Crippen LogP contribution < -0.4 is 10.1 Å². The molecule has 2 aromatic carbocycles. The maximum absolute atomic E-state index is 12.8. The van der Waals surface area contributed by atoms with E-state index in [1.165, 1.54) is 0 Å². The lowest BCUT2D eigenvalue weighted by Crippen LogP contribution is -2.26. The number of benzene rings is 2. The molecule has 0 aliphatic heterocycles. The zero-order valence-electron chi connectivity index (χ0n) is 20.3. The maximum Gasteiger partial charge on any atom is 0.312 e. The van der Waals surface area contributed by atoms with Crippen molar-refractivity contribution in [2.24, 2.45) is 0 Å². The van der Waals surface area contributed by atoms with Gasteiger partial charge in [0.1, 0.15) is 23.7 Å². The third-order valence-electron chi connectivity index (χ3n) is 5.93. The molecular formula is C27H27N5O4. The molecule has 36 heavy (non-hydrogen) atoms. The van der Waals surface area contributed by atoms with E-state index < -0.39 is 4.92 Å². The van der Waals surface area contributed by atoms with Crippen molar-refractivity contribution in [2.75, 3.05) is 0 Å². The highest BCUT2D eigenvalue weighted by Gasteiger charge is 2.21. The first-order valence-corrected chi connectivity index (χ1v) is 11.5. The molecule has 184 valence electrons. The molecule has 0 spiro atoms. The lowest BCUT2D eigenvalue weighted by atomic mass is 10.1. The van der Waals surface area contributed by atoms with Crippen LogP contribution in [0.15, 0.2) is 73.1 Å². The van der Waals surface area contributed by atoms with Gasteiger partial charge in [0.05, 0.1) is 17.5 Å². The Labute approximate surface area is 208 Å². The average Bonchev–Trinajstić information content (AvgIpc) is 3.16. The van der Waals surface area contributed by atoms with Crippen molar-refractivity contribution >= 4 is 11.6 Å². The van der Waals surface area contributed by atoms with Gasteiger partial charge in [0.25, 0.3) is 5.91 Å². The number of rotatable bonds is 9. The zero-order chi connectivity index (χ0) is 25.7. The van der Waals surface area contributed by atoms with Gasteiger partial charge in [-0.2, -0.15) is 5.10 Å². The molecule has 0 aliphatic rings. The monoisotopic (exact) mass is 485 g/mol. The van der Waals surface area contributed by atoms with Crippen LogP contribution in [0, 0.1) is 24.0 Å². The maximum atomic E-state index is 12.8. The number of aryl methyl sites for hydroxylation is 1. The number of amides is 1. The summed E-state index contributed by atoms with van der Waals surface area (Å²) in [6.45, 7) is 6.05. The van der Waals surface area contributed by atoms with Gasteiger partial charge in [0, 0.05) is 23.5 Å². The summed E-state index contributed by atoms with van der Waals surface area (Å²) in [6, 6.07) is 18.4. The Morgan fingerprint density at radius 2 is 1.81 bits per heavy atom. The van der Waals surface area contributed by atoms with Crippen molar-refractivity contribution in [2.45, 2.75) is 40.0 Å². The van der Waals surface area contributed by atoms with Crippen LogP contribution in [0.3, 0.4) is 0 Å². The van der Waals surface area contributed by atoms with Gasteiger partial charge in [-0.25, -0.2) is 0 Å². The molecule has 1 N–H and O–H groups in total. The average molecular weight is 486 g/mol. The Kier molecular flexibility index (Phi) is 7.39. The van der Waals surface area contributed by atoms with Crippen molar-refractivity contribution in [3.63, 3.8) is 0 Å². The number of nitrogens with one attached hydrogen (secondary N) is 1. The Morgan fingerprint density at radius 1 is 1.08 bits per heavy atom.